The number of rotatable bonds is 5. The molecule has 4 nitrogen and oxygen atoms in total. The lowest BCUT2D eigenvalue weighted by Gasteiger charge is -2.26. The van der Waals surface area contributed by atoms with Crippen molar-refractivity contribution in [3.8, 4) is 0 Å². The molecule has 3 rings (SSSR count). The minimum atomic E-state index is 0. The zero-order valence-corrected chi connectivity index (χ0v) is 18.4. The average molecular weight is 474 g/mol. The third kappa shape index (κ3) is 5.42. The third-order valence-corrected chi connectivity index (χ3v) is 4.64. The lowest BCUT2D eigenvalue weighted by atomic mass is 9.85. The van der Waals surface area contributed by atoms with E-state index in [1.165, 1.54) is 5.56 Å². The fourth-order valence-electron chi connectivity index (χ4n) is 3.01. The number of benzene rings is 2. The van der Waals surface area contributed by atoms with Crippen molar-refractivity contribution < 1.29 is 0 Å². The van der Waals surface area contributed by atoms with E-state index in [1.54, 1.807) is 7.05 Å². The van der Waals surface area contributed by atoms with Gasteiger partial charge in [0.15, 0.2) is 5.96 Å². The summed E-state index contributed by atoms with van der Waals surface area (Å²) >= 11 is 0. The van der Waals surface area contributed by atoms with Gasteiger partial charge in [-0.25, -0.2) is 0 Å². The third-order valence-electron chi connectivity index (χ3n) is 4.64. The Kier molecular flexibility index (Phi) is 7.59. The van der Waals surface area contributed by atoms with Crippen molar-refractivity contribution >= 4 is 40.8 Å². The summed E-state index contributed by atoms with van der Waals surface area (Å²) in [6.45, 7) is 5.94. The van der Waals surface area contributed by atoms with Crippen molar-refractivity contribution in [2.75, 3.05) is 13.6 Å². The van der Waals surface area contributed by atoms with Crippen molar-refractivity contribution in [3.05, 3.63) is 78.0 Å². The van der Waals surface area contributed by atoms with Crippen LogP contribution < -0.4 is 10.6 Å². The maximum atomic E-state index is 4.51. The van der Waals surface area contributed by atoms with Crippen LogP contribution in [-0.2, 0) is 12.0 Å². The summed E-state index contributed by atoms with van der Waals surface area (Å²) in [5, 5.41) is 8.00. The number of para-hydroxylation sites is 1. The molecule has 0 aliphatic heterocycles. The first-order valence-electron chi connectivity index (χ1n) is 8.93. The van der Waals surface area contributed by atoms with Crippen LogP contribution in [0.4, 0.5) is 0 Å². The molecule has 27 heavy (non-hydrogen) atoms. The number of halogens is 1. The molecule has 0 saturated carbocycles. The number of aliphatic imine (C=N–C) groups is 1. The summed E-state index contributed by atoms with van der Waals surface area (Å²) in [6, 6.07) is 20.8. The molecule has 0 aliphatic carbocycles. The van der Waals surface area contributed by atoms with Crippen molar-refractivity contribution in [3.63, 3.8) is 0 Å². The number of hydrogen-bond acceptors (Lipinski definition) is 2. The van der Waals surface area contributed by atoms with Crippen LogP contribution in [0.3, 0.4) is 0 Å². The normalized spacial score (nSPS) is 11.7. The fraction of sp³-hybridized carbons (Fsp3) is 0.273. The molecular weight excluding hydrogens is 447 g/mol. The second kappa shape index (κ2) is 9.69. The Morgan fingerprint density at radius 2 is 1.70 bits per heavy atom. The minimum Gasteiger partial charge on any atom is -0.356 e. The molecule has 1 heterocycles. The number of nitrogens with zero attached hydrogens (tertiary/aromatic N) is 2. The first kappa shape index (κ1) is 21.2. The average Bonchev–Trinajstić information content (AvgIpc) is 2.69. The smallest absolute Gasteiger partial charge is 0.191 e. The van der Waals surface area contributed by atoms with Gasteiger partial charge in [-0.15, -0.1) is 24.0 Å². The lowest BCUT2D eigenvalue weighted by Crippen LogP contribution is -2.43. The van der Waals surface area contributed by atoms with E-state index in [0.717, 1.165) is 29.0 Å². The first-order chi connectivity index (χ1) is 12.6. The maximum Gasteiger partial charge on any atom is 0.191 e. The Balaban J connectivity index is 0.00000261. The SMILES string of the molecule is CN=C(NCc1cccc2cccnc12)NCC(C)(C)c1ccccc1.I. The van der Waals surface area contributed by atoms with Gasteiger partial charge in [0.1, 0.15) is 0 Å². The number of nitrogens with one attached hydrogen (secondary N) is 2. The van der Waals surface area contributed by atoms with Crippen molar-refractivity contribution in [2.24, 2.45) is 4.99 Å². The largest absolute Gasteiger partial charge is 0.356 e. The van der Waals surface area contributed by atoms with E-state index in [1.807, 2.05) is 18.3 Å². The van der Waals surface area contributed by atoms with Gasteiger partial charge in [-0.2, -0.15) is 0 Å². The van der Waals surface area contributed by atoms with E-state index in [4.69, 9.17) is 0 Å². The monoisotopic (exact) mass is 474 g/mol. The number of fused-ring (bicyclic) bond motifs is 1. The van der Waals surface area contributed by atoms with Gasteiger partial charge in [0.2, 0.25) is 0 Å². The Morgan fingerprint density at radius 1 is 0.963 bits per heavy atom. The van der Waals surface area contributed by atoms with Crippen LogP contribution in [0.2, 0.25) is 0 Å². The maximum absolute atomic E-state index is 4.51. The van der Waals surface area contributed by atoms with Crippen LogP contribution in [0.25, 0.3) is 10.9 Å². The van der Waals surface area contributed by atoms with Gasteiger partial charge in [0.05, 0.1) is 5.52 Å². The van der Waals surface area contributed by atoms with Gasteiger partial charge in [0.25, 0.3) is 0 Å². The molecule has 0 atom stereocenters. The Hall–Kier alpha value is -2.15. The van der Waals surface area contributed by atoms with Crippen LogP contribution >= 0.6 is 24.0 Å². The second-order valence-corrected chi connectivity index (χ2v) is 7.02. The Labute approximate surface area is 178 Å². The van der Waals surface area contributed by atoms with Crippen LogP contribution in [0, 0.1) is 0 Å². The van der Waals surface area contributed by atoms with Gasteiger partial charge in [-0.05, 0) is 17.2 Å². The molecule has 0 aliphatic rings. The molecule has 142 valence electrons. The second-order valence-electron chi connectivity index (χ2n) is 7.02. The molecular formula is C22H27IN4. The predicted molar refractivity (Wildman–Crippen MR) is 125 cm³/mol. The molecule has 5 heteroatoms. The summed E-state index contributed by atoms with van der Waals surface area (Å²) in [5.41, 5.74) is 3.51. The quantitative estimate of drug-likeness (QED) is 0.326. The van der Waals surface area contributed by atoms with Gasteiger partial charge < -0.3 is 10.6 Å². The van der Waals surface area contributed by atoms with Gasteiger partial charge in [-0.1, -0.05) is 68.4 Å². The highest BCUT2D eigenvalue weighted by molar-refractivity contribution is 14.0. The molecule has 0 saturated heterocycles. The molecule has 2 aromatic carbocycles. The standard InChI is InChI=1S/C22H26N4.HI/c1-22(2,19-12-5-4-6-13-19)16-26-21(23-3)25-15-18-10-7-9-17-11-8-14-24-20(17)18;/h4-14H,15-16H2,1-3H3,(H2,23,25,26);1H. The van der Waals surface area contributed by atoms with E-state index in [2.05, 4.69) is 83.0 Å². The van der Waals surface area contributed by atoms with Crippen LogP contribution in [0.1, 0.15) is 25.0 Å². The highest BCUT2D eigenvalue weighted by Crippen LogP contribution is 2.21. The van der Waals surface area contributed by atoms with E-state index < -0.39 is 0 Å². The zero-order chi connectivity index (χ0) is 18.4. The predicted octanol–water partition coefficient (Wildman–Crippen LogP) is 4.50. The molecule has 3 aromatic rings. The molecule has 0 unspecified atom stereocenters. The summed E-state index contributed by atoms with van der Waals surface area (Å²) in [7, 11) is 1.80. The van der Waals surface area contributed by atoms with Crippen molar-refractivity contribution in [1.82, 2.24) is 15.6 Å². The van der Waals surface area contributed by atoms with E-state index in [9.17, 15) is 0 Å². The summed E-state index contributed by atoms with van der Waals surface area (Å²) in [5.74, 6) is 0.793. The van der Waals surface area contributed by atoms with Crippen LogP contribution in [0.5, 0.6) is 0 Å². The van der Waals surface area contributed by atoms with Gasteiger partial charge in [-0.3, -0.25) is 9.98 Å². The lowest BCUT2D eigenvalue weighted by molar-refractivity contribution is 0.508. The van der Waals surface area contributed by atoms with Crippen molar-refractivity contribution in [2.45, 2.75) is 25.8 Å². The van der Waals surface area contributed by atoms with E-state index in [-0.39, 0.29) is 29.4 Å². The molecule has 0 bridgehead atoms. The highest BCUT2D eigenvalue weighted by Gasteiger charge is 2.20. The molecule has 1 aromatic heterocycles. The Bertz CT molecular complexity index is 886. The topological polar surface area (TPSA) is 49.3 Å². The van der Waals surface area contributed by atoms with E-state index in [0.29, 0.717) is 6.54 Å². The minimum absolute atomic E-state index is 0. The molecule has 0 fully saturated rings. The van der Waals surface area contributed by atoms with Crippen molar-refractivity contribution in [1.29, 1.82) is 0 Å². The number of hydrogen-bond donors (Lipinski definition) is 2. The summed E-state index contributed by atoms with van der Waals surface area (Å²) in [4.78, 5) is 8.86. The van der Waals surface area contributed by atoms with Gasteiger partial charge in [0, 0.05) is 37.1 Å². The fourth-order valence-corrected chi connectivity index (χ4v) is 3.01. The van der Waals surface area contributed by atoms with Gasteiger partial charge >= 0.3 is 0 Å². The first-order valence-corrected chi connectivity index (χ1v) is 8.93. The molecule has 0 spiro atoms. The highest BCUT2D eigenvalue weighted by atomic mass is 127. The van der Waals surface area contributed by atoms with Crippen LogP contribution in [0.15, 0.2) is 71.9 Å². The molecule has 0 amide bonds. The molecule has 2 N–H and O–H groups in total. The number of aromatic nitrogens is 1. The molecule has 0 radical (unpaired) electrons. The van der Waals surface area contributed by atoms with Crippen LogP contribution in [-0.4, -0.2) is 24.5 Å². The number of pyridine rings is 1. The Morgan fingerprint density at radius 3 is 2.44 bits per heavy atom. The summed E-state index contributed by atoms with van der Waals surface area (Å²) in [6.07, 6.45) is 1.83. The summed E-state index contributed by atoms with van der Waals surface area (Å²) < 4.78 is 0. The van der Waals surface area contributed by atoms with E-state index >= 15 is 0 Å². The zero-order valence-electron chi connectivity index (χ0n) is 16.1. The number of guanidine groups is 1.